The highest BCUT2D eigenvalue weighted by molar-refractivity contribution is 4.80. The van der Waals surface area contributed by atoms with Gasteiger partial charge in [-0.2, -0.15) is 0 Å². The fourth-order valence-corrected chi connectivity index (χ4v) is 1.67. The zero-order chi connectivity index (χ0) is 10.9. The highest BCUT2D eigenvalue weighted by atomic mass is 16.5. The molecule has 0 aromatic heterocycles. The summed E-state index contributed by atoms with van der Waals surface area (Å²) >= 11 is 0. The molecule has 0 aliphatic heterocycles. The van der Waals surface area contributed by atoms with Gasteiger partial charge < -0.3 is 10.1 Å². The van der Waals surface area contributed by atoms with Gasteiger partial charge in [0.05, 0.1) is 6.10 Å². The van der Waals surface area contributed by atoms with Crippen molar-refractivity contribution in [3.8, 4) is 0 Å². The Kier molecular flexibility index (Phi) is 7.03. The molecule has 1 rings (SSSR count). The van der Waals surface area contributed by atoms with Crippen molar-refractivity contribution in [3.05, 3.63) is 0 Å². The average molecular weight is 213 g/mol. The molecule has 1 unspecified atom stereocenters. The summed E-state index contributed by atoms with van der Waals surface area (Å²) in [6, 6.07) is 0.835. The smallest absolute Gasteiger partial charge is 0.0559 e. The summed E-state index contributed by atoms with van der Waals surface area (Å²) in [6.45, 7) is 6.51. The van der Waals surface area contributed by atoms with Crippen molar-refractivity contribution in [2.24, 2.45) is 0 Å². The van der Waals surface area contributed by atoms with E-state index in [1.807, 2.05) is 0 Å². The minimum atomic E-state index is 0.429. The van der Waals surface area contributed by atoms with Crippen molar-refractivity contribution < 1.29 is 4.74 Å². The number of nitrogens with one attached hydrogen (secondary N) is 1. The van der Waals surface area contributed by atoms with Gasteiger partial charge in [0.25, 0.3) is 0 Å². The van der Waals surface area contributed by atoms with E-state index in [1.165, 1.54) is 38.5 Å². The summed E-state index contributed by atoms with van der Waals surface area (Å²) in [5.41, 5.74) is 0. The topological polar surface area (TPSA) is 21.3 Å². The first-order valence-electron chi connectivity index (χ1n) is 6.68. The zero-order valence-electron chi connectivity index (χ0n) is 10.4. The molecule has 15 heavy (non-hydrogen) atoms. The van der Waals surface area contributed by atoms with Gasteiger partial charge in [-0.3, -0.25) is 0 Å². The first-order valence-corrected chi connectivity index (χ1v) is 6.68. The van der Waals surface area contributed by atoms with Gasteiger partial charge >= 0.3 is 0 Å². The maximum absolute atomic E-state index is 5.75. The van der Waals surface area contributed by atoms with Crippen molar-refractivity contribution in [2.45, 2.75) is 70.9 Å². The molecule has 0 heterocycles. The Balaban J connectivity index is 1.77. The van der Waals surface area contributed by atoms with E-state index in [1.54, 1.807) is 0 Å². The van der Waals surface area contributed by atoms with E-state index in [9.17, 15) is 0 Å². The third-order valence-corrected chi connectivity index (χ3v) is 2.96. The third kappa shape index (κ3) is 7.80. The van der Waals surface area contributed by atoms with Gasteiger partial charge in [0, 0.05) is 12.6 Å². The number of unbranched alkanes of at least 4 members (excludes halogenated alkanes) is 3. The fourth-order valence-electron chi connectivity index (χ4n) is 1.67. The van der Waals surface area contributed by atoms with Crippen molar-refractivity contribution in [1.82, 2.24) is 5.32 Å². The van der Waals surface area contributed by atoms with Gasteiger partial charge in [-0.1, -0.05) is 26.2 Å². The van der Waals surface area contributed by atoms with Gasteiger partial charge in [0.1, 0.15) is 0 Å². The minimum absolute atomic E-state index is 0.429. The highest BCUT2D eigenvalue weighted by Gasteiger charge is 2.19. The molecule has 1 N–H and O–H groups in total. The average Bonchev–Trinajstić information content (AvgIpc) is 3.01. The van der Waals surface area contributed by atoms with Crippen LogP contribution in [0.3, 0.4) is 0 Å². The molecule has 2 heteroatoms. The molecule has 0 saturated heterocycles. The molecule has 1 aliphatic carbocycles. The number of hydrogen-bond acceptors (Lipinski definition) is 2. The Morgan fingerprint density at radius 2 is 2.07 bits per heavy atom. The second-order valence-corrected chi connectivity index (χ2v) is 4.76. The molecule has 0 amide bonds. The predicted molar refractivity (Wildman–Crippen MR) is 65.2 cm³/mol. The van der Waals surface area contributed by atoms with Crippen LogP contribution in [0.15, 0.2) is 0 Å². The first-order chi connectivity index (χ1) is 7.33. The Morgan fingerprint density at radius 1 is 1.27 bits per heavy atom. The molecular weight excluding hydrogens is 186 g/mol. The summed E-state index contributed by atoms with van der Waals surface area (Å²) in [7, 11) is 0. The molecule has 2 nitrogen and oxygen atoms in total. The van der Waals surface area contributed by atoms with Crippen LogP contribution in [0.4, 0.5) is 0 Å². The minimum Gasteiger partial charge on any atom is -0.378 e. The summed E-state index contributed by atoms with van der Waals surface area (Å²) in [5, 5.41) is 3.52. The number of rotatable bonds is 10. The van der Waals surface area contributed by atoms with Gasteiger partial charge in [0.2, 0.25) is 0 Å². The second kappa shape index (κ2) is 8.12. The third-order valence-electron chi connectivity index (χ3n) is 2.96. The van der Waals surface area contributed by atoms with E-state index in [-0.39, 0.29) is 0 Å². The van der Waals surface area contributed by atoms with Crippen LogP contribution in [-0.4, -0.2) is 25.3 Å². The van der Waals surface area contributed by atoms with E-state index in [0.717, 1.165) is 25.6 Å². The normalized spacial score (nSPS) is 18.0. The largest absolute Gasteiger partial charge is 0.378 e. The van der Waals surface area contributed by atoms with Crippen LogP contribution >= 0.6 is 0 Å². The summed E-state index contributed by atoms with van der Waals surface area (Å²) < 4.78 is 5.75. The SMILES string of the molecule is CCCCCCOC(C)CCNC1CC1. The first kappa shape index (κ1) is 13.0. The molecule has 0 bridgehead atoms. The Labute approximate surface area is 94.8 Å². The lowest BCUT2D eigenvalue weighted by atomic mass is 10.2. The lowest BCUT2D eigenvalue weighted by Gasteiger charge is -2.13. The van der Waals surface area contributed by atoms with Crippen LogP contribution in [-0.2, 0) is 4.74 Å². The number of hydrogen-bond donors (Lipinski definition) is 1. The summed E-state index contributed by atoms with van der Waals surface area (Å²) in [5.74, 6) is 0. The monoisotopic (exact) mass is 213 g/mol. The molecule has 1 atom stereocenters. The maximum atomic E-state index is 5.75. The Morgan fingerprint density at radius 3 is 2.73 bits per heavy atom. The molecule has 0 spiro atoms. The maximum Gasteiger partial charge on any atom is 0.0559 e. The van der Waals surface area contributed by atoms with E-state index < -0.39 is 0 Å². The molecule has 0 aromatic carbocycles. The van der Waals surface area contributed by atoms with E-state index >= 15 is 0 Å². The van der Waals surface area contributed by atoms with Crippen LogP contribution in [0, 0.1) is 0 Å². The Bertz CT molecular complexity index is 145. The van der Waals surface area contributed by atoms with Crippen molar-refractivity contribution in [2.75, 3.05) is 13.2 Å². The van der Waals surface area contributed by atoms with E-state index in [2.05, 4.69) is 19.2 Å². The van der Waals surface area contributed by atoms with Gasteiger partial charge in [-0.15, -0.1) is 0 Å². The summed E-state index contributed by atoms with van der Waals surface area (Å²) in [4.78, 5) is 0. The molecular formula is C13H27NO. The van der Waals surface area contributed by atoms with E-state index in [0.29, 0.717) is 6.10 Å². The highest BCUT2D eigenvalue weighted by Crippen LogP contribution is 2.18. The zero-order valence-corrected chi connectivity index (χ0v) is 10.4. The summed E-state index contributed by atoms with van der Waals surface area (Å²) in [6.07, 6.45) is 9.56. The molecule has 0 radical (unpaired) electrons. The molecule has 0 aromatic rings. The van der Waals surface area contributed by atoms with Crippen LogP contribution in [0.5, 0.6) is 0 Å². The van der Waals surface area contributed by atoms with Gasteiger partial charge in [-0.25, -0.2) is 0 Å². The fraction of sp³-hybridized carbons (Fsp3) is 1.00. The Hall–Kier alpha value is -0.0800. The lowest BCUT2D eigenvalue weighted by molar-refractivity contribution is 0.0576. The van der Waals surface area contributed by atoms with Crippen molar-refractivity contribution >= 4 is 0 Å². The lowest BCUT2D eigenvalue weighted by Crippen LogP contribution is -2.22. The van der Waals surface area contributed by atoms with Gasteiger partial charge in [-0.05, 0) is 39.2 Å². The number of ether oxygens (including phenoxy) is 1. The standard InChI is InChI=1S/C13H27NO/c1-3-4-5-6-11-15-12(2)9-10-14-13-7-8-13/h12-14H,3-11H2,1-2H3. The quantitative estimate of drug-likeness (QED) is 0.563. The van der Waals surface area contributed by atoms with Crippen LogP contribution in [0.1, 0.15) is 58.8 Å². The van der Waals surface area contributed by atoms with Crippen molar-refractivity contribution in [3.63, 3.8) is 0 Å². The molecule has 1 aliphatic rings. The van der Waals surface area contributed by atoms with Gasteiger partial charge in [0.15, 0.2) is 0 Å². The predicted octanol–water partition coefficient (Wildman–Crippen LogP) is 3.11. The van der Waals surface area contributed by atoms with Crippen LogP contribution in [0.2, 0.25) is 0 Å². The van der Waals surface area contributed by atoms with Crippen LogP contribution < -0.4 is 5.32 Å². The molecule has 1 saturated carbocycles. The van der Waals surface area contributed by atoms with Crippen molar-refractivity contribution in [1.29, 1.82) is 0 Å². The molecule has 1 fully saturated rings. The van der Waals surface area contributed by atoms with Crippen LogP contribution in [0.25, 0.3) is 0 Å². The molecule has 90 valence electrons. The van der Waals surface area contributed by atoms with E-state index in [4.69, 9.17) is 4.74 Å². The second-order valence-electron chi connectivity index (χ2n) is 4.76.